The molecule has 0 saturated carbocycles. The zero-order chi connectivity index (χ0) is 18.7. The maximum atomic E-state index is 13.2. The first-order valence-electron chi connectivity index (χ1n) is 8.96. The summed E-state index contributed by atoms with van der Waals surface area (Å²) in [6, 6.07) is 19.1. The maximum Gasteiger partial charge on any atom is 0.214 e. The van der Waals surface area contributed by atoms with E-state index in [1.165, 1.54) is 0 Å². The Morgan fingerprint density at radius 2 is 1.50 bits per heavy atom. The van der Waals surface area contributed by atoms with Gasteiger partial charge in [0.25, 0.3) is 0 Å². The summed E-state index contributed by atoms with van der Waals surface area (Å²) in [5, 5.41) is 2.68. The van der Waals surface area contributed by atoms with E-state index in [-0.39, 0.29) is 5.78 Å². The van der Waals surface area contributed by atoms with Crippen molar-refractivity contribution in [3.8, 4) is 22.8 Å². The van der Waals surface area contributed by atoms with Gasteiger partial charge in [-0.25, -0.2) is 9.97 Å². The lowest BCUT2D eigenvalue weighted by Gasteiger charge is -2.19. The molecule has 0 unspecified atom stereocenters. The van der Waals surface area contributed by atoms with Gasteiger partial charge in [-0.15, -0.1) is 0 Å². The van der Waals surface area contributed by atoms with Crippen molar-refractivity contribution in [2.45, 2.75) is 0 Å². The largest absolute Gasteiger partial charge is 0.287 e. The summed E-state index contributed by atoms with van der Waals surface area (Å²) < 4.78 is 0. The van der Waals surface area contributed by atoms with Crippen LogP contribution in [-0.2, 0) is 0 Å². The summed E-state index contributed by atoms with van der Waals surface area (Å²) in [7, 11) is 0. The number of fused-ring (bicyclic) bond motifs is 4. The first-order chi connectivity index (χ1) is 13.8. The molecule has 0 bridgehead atoms. The lowest BCUT2D eigenvalue weighted by molar-refractivity contribution is 0.103. The third kappa shape index (κ3) is 1.98. The molecule has 0 saturated heterocycles. The minimum Gasteiger partial charge on any atom is -0.287 e. The van der Waals surface area contributed by atoms with Crippen molar-refractivity contribution in [1.29, 1.82) is 0 Å². The molecule has 1 aliphatic carbocycles. The third-order valence-corrected chi connectivity index (χ3v) is 5.10. The molecule has 0 radical (unpaired) electrons. The molecule has 5 heteroatoms. The number of carbonyl (C=O) groups is 1. The van der Waals surface area contributed by atoms with Crippen molar-refractivity contribution in [2.24, 2.45) is 0 Å². The number of carbonyl (C=O) groups excluding carboxylic acids is 1. The Kier molecular flexibility index (Phi) is 2.97. The molecule has 0 N–H and O–H groups in total. The first-order valence-corrected chi connectivity index (χ1v) is 8.96. The summed E-state index contributed by atoms with van der Waals surface area (Å²) in [5.74, 6) is -0.112. The second kappa shape index (κ2) is 5.50. The molecule has 6 rings (SSSR count). The van der Waals surface area contributed by atoms with Crippen LogP contribution in [0.15, 0.2) is 73.1 Å². The van der Waals surface area contributed by atoms with Crippen molar-refractivity contribution in [1.82, 2.24) is 19.9 Å². The summed E-state index contributed by atoms with van der Waals surface area (Å²) in [6.45, 7) is 0. The molecular formula is C23H12N4O. The first kappa shape index (κ1) is 15.1. The summed E-state index contributed by atoms with van der Waals surface area (Å²) >= 11 is 0. The van der Waals surface area contributed by atoms with Gasteiger partial charge in [-0.1, -0.05) is 24.3 Å². The van der Waals surface area contributed by atoms with Crippen LogP contribution in [0.25, 0.3) is 44.5 Å². The van der Waals surface area contributed by atoms with Gasteiger partial charge in [0.05, 0.1) is 22.5 Å². The predicted molar refractivity (Wildman–Crippen MR) is 107 cm³/mol. The van der Waals surface area contributed by atoms with Crippen LogP contribution in [0, 0.1) is 0 Å². The van der Waals surface area contributed by atoms with Crippen LogP contribution in [0.3, 0.4) is 0 Å². The van der Waals surface area contributed by atoms with E-state index in [2.05, 4.69) is 15.0 Å². The Balaban J connectivity index is 1.85. The molecule has 5 aromatic rings. The van der Waals surface area contributed by atoms with Crippen LogP contribution >= 0.6 is 0 Å². The van der Waals surface area contributed by atoms with E-state index < -0.39 is 0 Å². The van der Waals surface area contributed by atoms with E-state index in [1.807, 2.05) is 48.5 Å². The molecule has 0 amide bonds. The van der Waals surface area contributed by atoms with Gasteiger partial charge in [-0.3, -0.25) is 14.8 Å². The Labute approximate surface area is 159 Å². The zero-order valence-electron chi connectivity index (χ0n) is 14.6. The van der Waals surface area contributed by atoms with Crippen molar-refractivity contribution < 1.29 is 4.79 Å². The monoisotopic (exact) mass is 360 g/mol. The molecular weight excluding hydrogens is 348 g/mol. The van der Waals surface area contributed by atoms with E-state index in [4.69, 9.17) is 4.98 Å². The standard InChI is InChI=1S/C23H12N4O/c28-23-14-7-5-11-25-20(14)21-19-15(12-18(27-21)17-9-3-4-10-24-17)13-6-1-2-8-16(13)26-22(19)23/h1-12H. The molecule has 4 heterocycles. The lowest BCUT2D eigenvalue weighted by atomic mass is 9.90. The second-order valence-electron chi connectivity index (χ2n) is 6.70. The number of aromatic nitrogens is 4. The fourth-order valence-electron chi connectivity index (χ4n) is 3.86. The van der Waals surface area contributed by atoms with Crippen molar-refractivity contribution in [2.75, 3.05) is 0 Å². The molecule has 1 aromatic carbocycles. The van der Waals surface area contributed by atoms with E-state index in [0.29, 0.717) is 22.6 Å². The Hall–Kier alpha value is -3.99. The van der Waals surface area contributed by atoms with E-state index in [0.717, 1.165) is 33.1 Å². The fraction of sp³-hybridized carbons (Fsp3) is 0. The highest BCUT2D eigenvalue weighted by Crippen LogP contribution is 2.40. The highest BCUT2D eigenvalue weighted by Gasteiger charge is 2.30. The number of pyridine rings is 4. The number of para-hydroxylation sites is 1. The molecule has 0 aliphatic heterocycles. The molecule has 0 fully saturated rings. The average molecular weight is 360 g/mol. The highest BCUT2D eigenvalue weighted by molar-refractivity contribution is 6.27. The Morgan fingerprint density at radius 1 is 0.643 bits per heavy atom. The quantitative estimate of drug-likeness (QED) is 0.405. The van der Waals surface area contributed by atoms with Gasteiger partial charge in [0.2, 0.25) is 5.78 Å². The van der Waals surface area contributed by atoms with Crippen molar-refractivity contribution >= 4 is 27.5 Å². The number of hydrogen-bond donors (Lipinski definition) is 0. The number of rotatable bonds is 1. The summed E-state index contributed by atoms with van der Waals surface area (Å²) in [4.78, 5) is 31.6. The Morgan fingerprint density at radius 3 is 2.39 bits per heavy atom. The predicted octanol–water partition coefficient (Wildman–Crippen LogP) is 4.45. The number of benzene rings is 1. The summed E-state index contributed by atoms with van der Waals surface area (Å²) in [6.07, 6.45) is 3.44. The van der Waals surface area contributed by atoms with Gasteiger partial charge in [-0.2, -0.15) is 0 Å². The van der Waals surface area contributed by atoms with Crippen LogP contribution in [0.4, 0.5) is 0 Å². The molecule has 28 heavy (non-hydrogen) atoms. The van der Waals surface area contributed by atoms with E-state index in [9.17, 15) is 4.79 Å². The number of nitrogens with zero attached hydrogens (tertiary/aromatic N) is 4. The topological polar surface area (TPSA) is 68.6 Å². The number of hydrogen-bond acceptors (Lipinski definition) is 5. The zero-order valence-corrected chi connectivity index (χ0v) is 14.6. The van der Waals surface area contributed by atoms with Crippen LogP contribution in [0.2, 0.25) is 0 Å². The number of ketones is 1. The van der Waals surface area contributed by atoms with E-state index >= 15 is 0 Å². The smallest absolute Gasteiger partial charge is 0.214 e. The molecule has 1 aliphatic rings. The SMILES string of the molecule is O=C1c2cccnc2-c2nc(-c3ccccn3)cc3c2c1nc1ccccc13. The third-order valence-electron chi connectivity index (χ3n) is 5.10. The molecule has 130 valence electrons. The van der Waals surface area contributed by atoms with Crippen molar-refractivity contribution in [3.05, 3.63) is 84.3 Å². The lowest BCUT2D eigenvalue weighted by Crippen LogP contribution is -2.14. The van der Waals surface area contributed by atoms with E-state index in [1.54, 1.807) is 24.5 Å². The summed E-state index contributed by atoms with van der Waals surface area (Å²) in [5.41, 5.74) is 4.55. The van der Waals surface area contributed by atoms with Crippen LogP contribution in [0.1, 0.15) is 16.1 Å². The van der Waals surface area contributed by atoms with Crippen molar-refractivity contribution in [3.63, 3.8) is 0 Å². The minimum atomic E-state index is -0.112. The highest BCUT2D eigenvalue weighted by atomic mass is 16.1. The molecule has 0 spiro atoms. The van der Waals surface area contributed by atoms with Gasteiger partial charge in [0.15, 0.2) is 0 Å². The average Bonchev–Trinajstić information content (AvgIpc) is 2.77. The Bertz CT molecular complexity index is 1430. The van der Waals surface area contributed by atoms with Gasteiger partial charge in [0.1, 0.15) is 17.1 Å². The molecule has 5 nitrogen and oxygen atoms in total. The van der Waals surface area contributed by atoms with Gasteiger partial charge in [-0.05, 0) is 41.8 Å². The fourth-order valence-corrected chi connectivity index (χ4v) is 3.86. The second-order valence-corrected chi connectivity index (χ2v) is 6.70. The maximum absolute atomic E-state index is 13.2. The normalized spacial score (nSPS) is 12.4. The van der Waals surface area contributed by atoms with Crippen LogP contribution in [0.5, 0.6) is 0 Å². The molecule has 4 aromatic heterocycles. The van der Waals surface area contributed by atoms with Gasteiger partial charge >= 0.3 is 0 Å². The molecule has 0 atom stereocenters. The van der Waals surface area contributed by atoms with Crippen LogP contribution < -0.4 is 0 Å². The minimum absolute atomic E-state index is 0.112. The van der Waals surface area contributed by atoms with Gasteiger partial charge in [0, 0.05) is 23.2 Å². The van der Waals surface area contributed by atoms with Gasteiger partial charge < -0.3 is 0 Å². The van der Waals surface area contributed by atoms with Crippen LogP contribution in [-0.4, -0.2) is 25.7 Å².